The fourth-order valence-corrected chi connectivity index (χ4v) is 3.11. The lowest BCUT2D eigenvalue weighted by Crippen LogP contribution is -2.42. The predicted octanol–water partition coefficient (Wildman–Crippen LogP) is 2.47. The zero-order chi connectivity index (χ0) is 15.3. The van der Waals surface area contributed by atoms with Crippen molar-refractivity contribution in [1.29, 1.82) is 0 Å². The highest BCUT2D eigenvalue weighted by Crippen LogP contribution is 2.32. The third-order valence-corrected chi connectivity index (χ3v) is 4.35. The molecular weight excluding hydrogens is 323 g/mol. The number of rotatable bonds is 7. The summed E-state index contributed by atoms with van der Waals surface area (Å²) < 4.78 is 1.12. The summed E-state index contributed by atoms with van der Waals surface area (Å²) in [6.45, 7) is 4.17. The topological polar surface area (TPSA) is 69.6 Å². The first-order valence-corrected chi connectivity index (χ1v) is 7.53. The van der Waals surface area contributed by atoms with Gasteiger partial charge in [0.05, 0.1) is 8.67 Å². The third-order valence-electron chi connectivity index (χ3n) is 2.78. The lowest BCUT2D eigenvalue weighted by molar-refractivity contribution is -0.142. The third kappa shape index (κ3) is 5.28. The Kier molecular flexibility index (Phi) is 6.75. The maximum absolute atomic E-state index is 11.1. The van der Waals surface area contributed by atoms with Gasteiger partial charge in [0.25, 0.3) is 0 Å². The van der Waals surface area contributed by atoms with E-state index in [0.717, 1.165) is 5.56 Å². The summed E-state index contributed by atoms with van der Waals surface area (Å²) in [4.78, 5) is 23.7. The second-order valence-electron chi connectivity index (χ2n) is 4.32. The number of aliphatic carboxylic acids is 1. The highest BCUT2D eigenvalue weighted by Gasteiger charge is 2.22. The van der Waals surface area contributed by atoms with Crippen molar-refractivity contribution in [3.8, 4) is 0 Å². The average molecular weight is 339 g/mol. The number of halogens is 2. The normalized spacial score (nSPS) is 12.4. The van der Waals surface area contributed by atoms with Gasteiger partial charge in [-0.05, 0) is 18.6 Å². The van der Waals surface area contributed by atoms with Crippen LogP contribution in [0.15, 0.2) is 6.07 Å². The molecule has 1 aromatic rings. The summed E-state index contributed by atoms with van der Waals surface area (Å²) in [5.74, 6) is -1.07. The molecule has 0 radical (unpaired) electrons. The Balaban J connectivity index is 2.74. The number of carboxylic acids is 1. The number of nitrogens with one attached hydrogen (secondary N) is 1. The molecule has 0 saturated heterocycles. The number of hydrogen-bond acceptors (Lipinski definition) is 4. The number of nitrogens with zero attached hydrogens (tertiary/aromatic N) is 1. The fraction of sp³-hybridized carbons (Fsp3) is 0.500. The molecule has 0 spiro atoms. The lowest BCUT2D eigenvalue weighted by Gasteiger charge is -2.26. The molecule has 1 heterocycles. The van der Waals surface area contributed by atoms with Crippen LogP contribution < -0.4 is 5.32 Å². The molecule has 0 bridgehead atoms. The fourth-order valence-electron chi connectivity index (χ4n) is 1.64. The summed E-state index contributed by atoms with van der Waals surface area (Å²) in [5, 5.41) is 11.8. The van der Waals surface area contributed by atoms with Gasteiger partial charge in [0.1, 0.15) is 6.04 Å². The van der Waals surface area contributed by atoms with Crippen molar-refractivity contribution in [3.63, 3.8) is 0 Å². The van der Waals surface area contributed by atoms with Gasteiger partial charge in [0, 0.05) is 26.6 Å². The maximum atomic E-state index is 11.1. The van der Waals surface area contributed by atoms with Gasteiger partial charge < -0.3 is 10.4 Å². The standard InChI is InChI=1S/C12H16Cl2N2O3S/c1-7(12(18)19)16(4-3-15-8(2)17)6-9-5-10(13)20-11(9)14/h5,7H,3-4,6H2,1-2H3,(H,15,17)(H,18,19). The van der Waals surface area contributed by atoms with Gasteiger partial charge in [0.2, 0.25) is 5.91 Å². The smallest absolute Gasteiger partial charge is 0.320 e. The quantitative estimate of drug-likeness (QED) is 0.801. The van der Waals surface area contributed by atoms with Gasteiger partial charge in [-0.1, -0.05) is 23.2 Å². The molecule has 0 aliphatic rings. The average Bonchev–Trinajstić information content (AvgIpc) is 2.65. The van der Waals surface area contributed by atoms with Crippen LogP contribution in [-0.4, -0.2) is 41.0 Å². The first-order chi connectivity index (χ1) is 9.31. The van der Waals surface area contributed by atoms with E-state index in [1.54, 1.807) is 17.9 Å². The minimum atomic E-state index is -0.926. The van der Waals surface area contributed by atoms with E-state index in [4.69, 9.17) is 28.3 Å². The van der Waals surface area contributed by atoms with Gasteiger partial charge >= 0.3 is 5.97 Å². The molecule has 1 unspecified atom stereocenters. The summed E-state index contributed by atoms with van der Waals surface area (Å²) in [6, 6.07) is 1.05. The molecule has 1 atom stereocenters. The Morgan fingerprint density at radius 2 is 2.15 bits per heavy atom. The number of carboxylic acid groups (broad SMARTS) is 1. The molecule has 8 heteroatoms. The van der Waals surface area contributed by atoms with Crippen molar-refractivity contribution in [2.45, 2.75) is 26.4 Å². The van der Waals surface area contributed by atoms with Gasteiger partial charge in [-0.2, -0.15) is 0 Å². The van der Waals surface area contributed by atoms with Crippen molar-refractivity contribution < 1.29 is 14.7 Å². The predicted molar refractivity (Wildman–Crippen MR) is 80.5 cm³/mol. The van der Waals surface area contributed by atoms with Gasteiger partial charge in [-0.25, -0.2) is 0 Å². The molecule has 1 aromatic heterocycles. The van der Waals surface area contributed by atoms with Crippen molar-refractivity contribution in [2.24, 2.45) is 0 Å². The molecule has 1 rings (SSSR count). The van der Waals surface area contributed by atoms with Crippen LogP contribution in [-0.2, 0) is 16.1 Å². The van der Waals surface area contributed by atoms with E-state index >= 15 is 0 Å². The minimum Gasteiger partial charge on any atom is -0.480 e. The zero-order valence-electron chi connectivity index (χ0n) is 11.2. The van der Waals surface area contributed by atoms with Gasteiger partial charge in [-0.15, -0.1) is 11.3 Å². The van der Waals surface area contributed by atoms with Crippen LogP contribution in [0.5, 0.6) is 0 Å². The number of thiophene rings is 1. The molecule has 0 aliphatic heterocycles. The molecule has 5 nitrogen and oxygen atoms in total. The van der Waals surface area contributed by atoms with Crippen LogP contribution in [0.2, 0.25) is 8.67 Å². The molecule has 1 amide bonds. The molecular formula is C12H16Cl2N2O3S. The Bertz CT molecular complexity index is 493. The molecule has 112 valence electrons. The Labute approximate surface area is 131 Å². The van der Waals surface area contributed by atoms with Crippen LogP contribution in [0, 0.1) is 0 Å². The van der Waals surface area contributed by atoms with Crippen LogP contribution in [0.3, 0.4) is 0 Å². The van der Waals surface area contributed by atoms with Crippen molar-refractivity contribution in [3.05, 3.63) is 20.3 Å². The number of carbonyl (C=O) groups excluding carboxylic acids is 1. The summed E-state index contributed by atoms with van der Waals surface area (Å²) in [6.07, 6.45) is 0. The van der Waals surface area contributed by atoms with Crippen molar-refractivity contribution in [1.82, 2.24) is 10.2 Å². The molecule has 2 N–H and O–H groups in total. The molecule has 0 saturated carbocycles. The minimum absolute atomic E-state index is 0.149. The second kappa shape index (κ2) is 7.83. The van der Waals surface area contributed by atoms with Crippen LogP contribution in [0.25, 0.3) is 0 Å². The summed E-state index contributed by atoms with van der Waals surface area (Å²) in [7, 11) is 0. The maximum Gasteiger partial charge on any atom is 0.320 e. The van der Waals surface area contributed by atoms with E-state index in [1.165, 1.54) is 18.3 Å². The van der Waals surface area contributed by atoms with Crippen molar-refractivity contribution in [2.75, 3.05) is 13.1 Å². The highest BCUT2D eigenvalue weighted by atomic mass is 35.5. The first-order valence-electron chi connectivity index (χ1n) is 5.96. The summed E-state index contributed by atoms with van der Waals surface area (Å²) >= 11 is 13.2. The highest BCUT2D eigenvalue weighted by molar-refractivity contribution is 7.20. The van der Waals surface area contributed by atoms with Crippen LogP contribution in [0.4, 0.5) is 0 Å². The van der Waals surface area contributed by atoms with Crippen LogP contribution >= 0.6 is 34.5 Å². The number of carbonyl (C=O) groups is 2. The molecule has 0 fully saturated rings. The molecule has 0 aliphatic carbocycles. The Hall–Kier alpha value is -0.820. The van der Waals surface area contributed by atoms with Gasteiger partial charge in [0.15, 0.2) is 0 Å². The first kappa shape index (κ1) is 17.2. The second-order valence-corrected chi connectivity index (χ2v) is 6.60. The zero-order valence-corrected chi connectivity index (χ0v) is 13.5. The van der Waals surface area contributed by atoms with Crippen molar-refractivity contribution >= 4 is 46.4 Å². The largest absolute Gasteiger partial charge is 0.480 e. The summed E-state index contributed by atoms with van der Waals surface area (Å²) in [5.41, 5.74) is 0.789. The van der Waals surface area contributed by atoms with Gasteiger partial charge in [-0.3, -0.25) is 14.5 Å². The van der Waals surface area contributed by atoms with E-state index in [0.29, 0.717) is 28.3 Å². The molecule has 0 aromatic carbocycles. The molecule has 20 heavy (non-hydrogen) atoms. The SMILES string of the molecule is CC(=O)NCCN(Cc1cc(Cl)sc1Cl)C(C)C(=O)O. The number of hydrogen-bond donors (Lipinski definition) is 2. The number of amides is 1. The van der Waals surface area contributed by atoms with E-state index in [9.17, 15) is 9.59 Å². The monoisotopic (exact) mass is 338 g/mol. The van der Waals surface area contributed by atoms with E-state index in [1.807, 2.05) is 0 Å². The van der Waals surface area contributed by atoms with E-state index < -0.39 is 12.0 Å². The van der Waals surface area contributed by atoms with Crippen LogP contribution in [0.1, 0.15) is 19.4 Å². The van der Waals surface area contributed by atoms with E-state index in [-0.39, 0.29) is 5.91 Å². The van der Waals surface area contributed by atoms with E-state index in [2.05, 4.69) is 5.32 Å². The lowest BCUT2D eigenvalue weighted by atomic mass is 10.2. The Morgan fingerprint density at radius 1 is 1.50 bits per heavy atom. The Morgan fingerprint density at radius 3 is 2.60 bits per heavy atom.